The van der Waals surface area contributed by atoms with Crippen molar-refractivity contribution in [3.8, 4) is 0 Å². The van der Waals surface area contributed by atoms with Crippen LogP contribution in [0.5, 0.6) is 0 Å². The molecule has 24 heavy (non-hydrogen) atoms. The highest BCUT2D eigenvalue weighted by atomic mass is 16.5. The number of aliphatic hydroxyl groups excluding tert-OH is 1. The van der Waals surface area contributed by atoms with E-state index in [4.69, 9.17) is 9.47 Å². The minimum absolute atomic E-state index is 0.146. The Kier molecular flexibility index (Phi) is 6.67. The van der Waals surface area contributed by atoms with E-state index in [1.54, 1.807) is 7.11 Å². The van der Waals surface area contributed by atoms with Gasteiger partial charge in [0.2, 0.25) is 0 Å². The predicted molar refractivity (Wildman–Crippen MR) is 95.1 cm³/mol. The van der Waals surface area contributed by atoms with Crippen molar-refractivity contribution in [3.63, 3.8) is 0 Å². The van der Waals surface area contributed by atoms with Crippen molar-refractivity contribution in [2.75, 3.05) is 40.0 Å². The number of methoxy groups -OCH3 is 1. The highest BCUT2D eigenvalue weighted by Gasteiger charge is 2.24. The van der Waals surface area contributed by atoms with E-state index in [-0.39, 0.29) is 6.10 Å². The molecule has 0 saturated carbocycles. The molecule has 0 aromatic heterocycles. The van der Waals surface area contributed by atoms with Gasteiger partial charge in [-0.1, -0.05) is 24.3 Å². The number of ether oxygens (including phenoxy) is 2. The molecule has 134 valence electrons. The summed E-state index contributed by atoms with van der Waals surface area (Å²) in [5, 5.41) is 10.4. The number of benzene rings is 1. The van der Waals surface area contributed by atoms with Crippen molar-refractivity contribution < 1.29 is 14.6 Å². The summed E-state index contributed by atoms with van der Waals surface area (Å²) in [6, 6.07) is 8.56. The number of hydrogen-bond donors (Lipinski definition) is 1. The molecule has 0 bridgehead atoms. The molecule has 1 aliphatic heterocycles. The van der Waals surface area contributed by atoms with Gasteiger partial charge in [-0.05, 0) is 55.7 Å². The lowest BCUT2D eigenvalue weighted by molar-refractivity contribution is -0.0335. The van der Waals surface area contributed by atoms with Gasteiger partial charge in [0.05, 0.1) is 25.4 Å². The topological polar surface area (TPSA) is 41.9 Å². The number of nitrogens with zero attached hydrogens (tertiary/aromatic N) is 1. The van der Waals surface area contributed by atoms with Gasteiger partial charge in [-0.3, -0.25) is 0 Å². The van der Waals surface area contributed by atoms with E-state index in [1.165, 1.54) is 30.4 Å². The second-order valence-corrected chi connectivity index (χ2v) is 7.29. The summed E-state index contributed by atoms with van der Waals surface area (Å²) in [5.41, 5.74) is 2.72. The van der Waals surface area contributed by atoms with Crippen LogP contribution in [-0.4, -0.2) is 56.1 Å². The van der Waals surface area contributed by atoms with Crippen LogP contribution in [0.3, 0.4) is 0 Å². The average molecular weight is 333 g/mol. The van der Waals surface area contributed by atoms with Crippen LogP contribution in [0.2, 0.25) is 0 Å². The molecule has 1 N–H and O–H groups in total. The largest absolute Gasteiger partial charge is 0.389 e. The maximum Gasteiger partial charge on any atom is 0.0900 e. The predicted octanol–water partition coefficient (Wildman–Crippen LogP) is 2.80. The quantitative estimate of drug-likeness (QED) is 0.833. The molecule has 3 unspecified atom stereocenters. The molecular weight excluding hydrogens is 302 g/mol. The Balaban J connectivity index is 1.45. The molecule has 3 atom stereocenters. The number of β-amino-alcohol motifs (C(OH)–C–C–N with tert-alkyl or cyclic N) is 1. The van der Waals surface area contributed by atoms with E-state index >= 15 is 0 Å². The molecule has 4 heteroatoms. The van der Waals surface area contributed by atoms with Gasteiger partial charge in [-0.2, -0.15) is 0 Å². The van der Waals surface area contributed by atoms with E-state index in [2.05, 4.69) is 29.2 Å². The van der Waals surface area contributed by atoms with Gasteiger partial charge in [0.15, 0.2) is 0 Å². The summed E-state index contributed by atoms with van der Waals surface area (Å²) in [6.07, 6.45) is 5.53. The fraction of sp³-hybridized carbons (Fsp3) is 0.700. The highest BCUT2D eigenvalue weighted by molar-refractivity contribution is 5.31. The van der Waals surface area contributed by atoms with Gasteiger partial charge in [-0.25, -0.2) is 0 Å². The highest BCUT2D eigenvalue weighted by Crippen LogP contribution is 2.32. The first-order valence-corrected chi connectivity index (χ1v) is 9.35. The number of rotatable bonds is 7. The Hall–Kier alpha value is -0.940. The van der Waals surface area contributed by atoms with Crippen LogP contribution in [0.15, 0.2) is 24.3 Å². The molecule has 2 aliphatic rings. The summed E-state index contributed by atoms with van der Waals surface area (Å²) in [4.78, 5) is 2.36. The molecule has 1 aromatic rings. The molecule has 1 saturated heterocycles. The maximum absolute atomic E-state index is 10.4. The molecule has 1 aliphatic carbocycles. The molecule has 1 aromatic carbocycles. The fourth-order valence-electron chi connectivity index (χ4n) is 4.15. The van der Waals surface area contributed by atoms with Crippen molar-refractivity contribution in [1.29, 1.82) is 0 Å². The third kappa shape index (κ3) is 4.79. The number of hydrogen-bond acceptors (Lipinski definition) is 4. The lowest BCUT2D eigenvalue weighted by atomic mass is 9.89. The van der Waals surface area contributed by atoms with Gasteiger partial charge in [0.25, 0.3) is 0 Å². The first-order chi connectivity index (χ1) is 11.8. The zero-order valence-electron chi connectivity index (χ0n) is 14.8. The van der Waals surface area contributed by atoms with E-state index in [1.807, 2.05) is 0 Å². The van der Waals surface area contributed by atoms with Gasteiger partial charge in [-0.15, -0.1) is 0 Å². The van der Waals surface area contributed by atoms with Gasteiger partial charge >= 0.3 is 0 Å². The molecule has 4 nitrogen and oxygen atoms in total. The molecule has 1 fully saturated rings. The van der Waals surface area contributed by atoms with Crippen LogP contribution in [0.25, 0.3) is 0 Å². The van der Waals surface area contributed by atoms with Crippen LogP contribution in [0.1, 0.15) is 42.9 Å². The number of aryl methyl sites for hydroxylation is 1. The van der Waals surface area contributed by atoms with Crippen molar-refractivity contribution >= 4 is 0 Å². The molecule has 0 spiro atoms. The zero-order valence-corrected chi connectivity index (χ0v) is 14.8. The summed E-state index contributed by atoms with van der Waals surface area (Å²) in [7, 11) is 1.77. The first-order valence-electron chi connectivity index (χ1n) is 9.35. The zero-order chi connectivity index (χ0) is 16.8. The minimum Gasteiger partial charge on any atom is -0.389 e. The molecule has 0 radical (unpaired) electrons. The fourth-order valence-corrected chi connectivity index (χ4v) is 4.15. The summed E-state index contributed by atoms with van der Waals surface area (Å²) < 4.78 is 11.4. The van der Waals surface area contributed by atoms with Crippen molar-refractivity contribution in [1.82, 2.24) is 4.90 Å². The first kappa shape index (κ1) is 17.9. The van der Waals surface area contributed by atoms with Gasteiger partial charge < -0.3 is 19.5 Å². The Labute approximate surface area is 145 Å². The Morgan fingerprint density at radius 1 is 1.25 bits per heavy atom. The lowest BCUT2D eigenvalue weighted by Crippen LogP contribution is -2.42. The third-order valence-corrected chi connectivity index (χ3v) is 5.28. The van der Waals surface area contributed by atoms with E-state index in [0.717, 1.165) is 32.5 Å². The van der Waals surface area contributed by atoms with Crippen molar-refractivity contribution in [2.24, 2.45) is 5.92 Å². The second-order valence-electron chi connectivity index (χ2n) is 7.29. The Morgan fingerprint density at radius 3 is 3.00 bits per heavy atom. The van der Waals surface area contributed by atoms with Crippen LogP contribution >= 0.6 is 0 Å². The van der Waals surface area contributed by atoms with Crippen LogP contribution in [0.4, 0.5) is 0 Å². The lowest BCUT2D eigenvalue weighted by Gasteiger charge is -2.34. The molecular formula is C20H31NO3. The standard InChI is InChI=1S/C20H31NO3/c1-23-14-16-6-5-11-21(12-16)13-18(22)15-24-20-10-4-8-17-7-2-3-9-19(17)20/h2-3,7,9,16,18,20,22H,4-6,8,10-15H2,1H3. The third-order valence-electron chi connectivity index (χ3n) is 5.28. The minimum atomic E-state index is -0.416. The SMILES string of the molecule is COCC1CCCN(CC(O)COC2CCCc3ccccc32)C1. The molecule has 1 heterocycles. The van der Waals surface area contributed by atoms with Crippen molar-refractivity contribution in [2.45, 2.75) is 44.3 Å². The Morgan fingerprint density at radius 2 is 2.12 bits per heavy atom. The number of likely N-dealkylation sites (tertiary alicyclic amines) is 1. The molecule has 3 rings (SSSR count). The Bertz CT molecular complexity index is 505. The van der Waals surface area contributed by atoms with Crippen molar-refractivity contribution in [3.05, 3.63) is 35.4 Å². The monoisotopic (exact) mass is 333 g/mol. The summed E-state index contributed by atoms with van der Waals surface area (Å²) in [6.45, 7) is 4.04. The van der Waals surface area contributed by atoms with Crippen LogP contribution < -0.4 is 0 Å². The average Bonchev–Trinajstić information content (AvgIpc) is 2.60. The normalized spacial score (nSPS) is 26.1. The summed E-state index contributed by atoms with van der Waals surface area (Å²) >= 11 is 0. The summed E-state index contributed by atoms with van der Waals surface area (Å²) in [5.74, 6) is 0.599. The second kappa shape index (κ2) is 8.95. The number of fused-ring (bicyclic) bond motifs is 1. The van der Waals surface area contributed by atoms with Crippen LogP contribution in [-0.2, 0) is 15.9 Å². The van der Waals surface area contributed by atoms with E-state index < -0.39 is 6.10 Å². The van der Waals surface area contributed by atoms with E-state index in [9.17, 15) is 5.11 Å². The van der Waals surface area contributed by atoms with E-state index in [0.29, 0.717) is 19.1 Å². The van der Waals surface area contributed by atoms with Crippen LogP contribution in [0, 0.1) is 5.92 Å². The number of aliphatic hydroxyl groups is 1. The smallest absolute Gasteiger partial charge is 0.0900 e. The van der Waals surface area contributed by atoms with Gasteiger partial charge in [0.1, 0.15) is 0 Å². The van der Waals surface area contributed by atoms with Gasteiger partial charge in [0, 0.05) is 20.2 Å². The maximum atomic E-state index is 10.4. The number of piperidine rings is 1. The molecule has 0 amide bonds.